The molecular formula is C31H35ClF2N2O2S. The second-order valence-corrected chi connectivity index (χ2v) is 12.6. The van der Waals surface area contributed by atoms with Gasteiger partial charge < -0.3 is 0 Å². The first-order valence-corrected chi connectivity index (χ1v) is 15.5. The van der Waals surface area contributed by atoms with Crippen molar-refractivity contribution in [1.82, 2.24) is 9.80 Å². The van der Waals surface area contributed by atoms with E-state index >= 15 is 0 Å². The number of halogens is 3. The van der Waals surface area contributed by atoms with E-state index in [1.807, 2.05) is 24.3 Å². The van der Waals surface area contributed by atoms with Crippen molar-refractivity contribution in [2.24, 2.45) is 0 Å². The molecule has 1 aliphatic heterocycles. The SMILES string of the molecule is CCCN(CCC)Cc1ccc([C@H](c2ccc(Cl)cc2)N2CC(=C(c3cc(F)cc(F)c3)S(C)(=O)=O)C2)cc1. The van der Waals surface area contributed by atoms with E-state index in [1.165, 1.54) is 5.56 Å². The van der Waals surface area contributed by atoms with Crippen LogP contribution in [0.15, 0.2) is 72.3 Å². The van der Waals surface area contributed by atoms with Crippen LogP contribution >= 0.6 is 11.6 Å². The van der Waals surface area contributed by atoms with Crippen molar-refractivity contribution in [3.63, 3.8) is 0 Å². The molecule has 0 unspecified atom stereocenters. The lowest BCUT2D eigenvalue weighted by Gasteiger charge is -2.42. The monoisotopic (exact) mass is 572 g/mol. The Balaban J connectivity index is 1.65. The third kappa shape index (κ3) is 7.34. The van der Waals surface area contributed by atoms with Gasteiger partial charge in [-0.25, -0.2) is 17.2 Å². The molecule has 0 bridgehead atoms. The van der Waals surface area contributed by atoms with E-state index in [0.717, 1.165) is 68.1 Å². The summed E-state index contributed by atoms with van der Waals surface area (Å²) in [5.74, 6) is -1.61. The molecule has 0 aliphatic carbocycles. The molecule has 0 N–H and O–H groups in total. The summed E-state index contributed by atoms with van der Waals surface area (Å²) >= 11 is 6.16. The van der Waals surface area contributed by atoms with Crippen LogP contribution in [-0.4, -0.2) is 50.7 Å². The first-order chi connectivity index (χ1) is 18.6. The molecule has 0 radical (unpaired) electrons. The minimum absolute atomic E-state index is 0.00528. The number of hydrogen-bond donors (Lipinski definition) is 0. The first-order valence-electron chi connectivity index (χ1n) is 13.3. The maximum absolute atomic E-state index is 14.0. The molecule has 1 saturated heterocycles. The minimum Gasteiger partial charge on any atom is -0.299 e. The van der Waals surface area contributed by atoms with Crippen LogP contribution in [0, 0.1) is 11.6 Å². The normalized spacial score (nSPS) is 14.9. The zero-order valence-corrected chi connectivity index (χ0v) is 24.2. The van der Waals surface area contributed by atoms with Gasteiger partial charge in [0.25, 0.3) is 0 Å². The molecule has 3 aromatic rings. The van der Waals surface area contributed by atoms with Gasteiger partial charge in [0.1, 0.15) is 11.6 Å². The average Bonchev–Trinajstić information content (AvgIpc) is 2.83. The van der Waals surface area contributed by atoms with Gasteiger partial charge in [-0.05, 0) is 78.0 Å². The van der Waals surface area contributed by atoms with Crippen LogP contribution in [0.25, 0.3) is 4.91 Å². The van der Waals surface area contributed by atoms with E-state index in [-0.39, 0.29) is 16.5 Å². The van der Waals surface area contributed by atoms with Crippen molar-refractivity contribution >= 4 is 26.3 Å². The van der Waals surface area contributed by atoms with Crippen molar-refractivity contribution in [3.05, 3.63) is 111 Å². The maximum Gasteiger partial charge on any atom is 0.176 e. The van der Waals surface area contributed by atoms with Crippen molar-refractivity contribution < 1.29 is 17.2 Å². The van der Waals surface area contributed by atoms with Crippen LogP contribution in [0.4, 0.5) is 8.78 Å². The van der Waals surface area contributed by atoms with Crippen molar-refractivity contribution in [2.45, 2.75) is 39.3 Å². The summed E-state index contributed by atoms with van der Waals surface area (Å²) in [5.41, 5.74) is 4.03. The van der Waals surface area contributed by atoms with Gasteiger partial charge in [0.05, 0.1) is 10.9 Å². The van der Waals surface area contributed by atoms with Crippen molar-refractivity contribution in [2.75, 3.05) is 32.4 Å². The average molecular weight is 573 g/mol. The lowest BCUT2D eigenvalue weighted by Crippen LogP contribution is -2.44. The number of nitrogens with zero attached hydrogens (tertiary/aromatic N) is 2. The van der Waals surface area contributed by atoms with Gasteiger partial charge >= 0.3 is 0 Å². The summed E-state index contributed by atoms with van der Waals surface area (Å²) in [5, 5.41) is 0.636. The Morgan fingerprint density at radius 2 is 1.41 bits per heavy atom. The van der Waals surface area contributed by atoms with E-state index < -0.39 is 21.5 Å². The fourth-order valence-electron chi connectivity index (χ4n) is 5.36. The Morgan fingerprint density at radius 1 is 0.897 bits per heavy atom. The smallest absolute Gasteiger partial charge is 0.176 e. The van der Waals surface area contributed by atoms with Crippen molar-refractivity contribution in [1.29, 1.82) is 0 Å². The number of likely N-dealkylation sites (tertiary alicyclic amines) is 1. The van der Waals surface area contributed by atoms with Crippen LogP contribution in [0.1, 0.15) is 55.0 Å². The molecule has 39 heavy (non-hydrogen) atoms. The second kappa shape index (κ2) is 12.7. The van der Waals surface area contributed by atoms with Crippen LogP contribution in [0.2, 0.25) is 5.02 Å². The van der Waals surface area contributed by atoms with Crippen LogP contribution in [-0.2, 0) is 16.4 Å². The Labute approximate surface area is 235 Å². The topological polar surface area (TPSA) is 40.6 Å². The van der Waals surface area contributed by atoms with Crippen LogP contribution in [0.5, 0.6) is 0 Å². The third-order valence-corrected chi connectivity index (χ3v) is 8.45. The van der Waals surface area contributed by atoms with Gasteiger partial charge in [0, 0.05) is 37.0 Å². The molecule has 0 saturated carbocycles. The zero-order chi connectivity index (χ0) is 28.2. The predicted molar refractivity (Wildman–Crippen MR) is 155 cm³/mol. The van der Waals surface area contributed by atoms with E-state index in [9.17, 15) is 17.2 Å². The molecule has 1 aliphatic rings. The van der Waals surface area contributed by atoms with Gasteiger partial charge in [-0.3, -0.25) is 9.80 Å². The maximum atomic E-state index is 14.0. The van der Waals surface area contributed by atoms with E-state index in [0.29, 0.717) is 23.7 Å². The molecule has 208 valence electrons. The van der Waals surface area contributed by atoms with Gasteiger partial charge in [-0.2, -0.15) is 0 Å². The molecule has 0 aromatic heterocycles. The lowest BCUT2D eigenvalue weighted by atomic mass is 9.91. The largest absolute Gasteiger partial charge is 0.299 e. The molecule has 4 nitrogen and oxygen atoms in total. The van der Waals surface area contributed by atoms with Gasteiger partial charge in [0.2, 0.25) is 0 Å². The standard InChI is InChI=1S/C31H35ClF2N2O2S/c1-4-14-35(15-5-2)19-22-6-8-23(9-7-22)30(24-10-12-27(32)13-11-24)36-20-26(21-36)31(39(3,37)38)25-16-28(33)18-29(34)17-25/h6-13,16-18,30H,4-5,14-15,19-21H2,1-3H3/t30-/m1/s1. The lowest BCUT2D eigenvalue weighted by molar-refractivity contribution is 0.203. The van der Waals surface area contributed by atoms with Crippen molar-refractivity contribution in [3.8, 4) is 0 Å². The zero-order valence-electron chi connectivity index (χ0n) is 22.6. The highest BCUT2D eigenvalue weighted by Crippen LogP contribution is 2.38. The van der Waals surface area contributed by atoms with Gasteiger partial charge in [-0.1, -0.05) is 61.8 Å². The number of rotatable bonds is 11. The third-order valence-electron chi connectivity index (χ3n) is 6.94. The highest BCUT2D eigenvalue weighted by atomic mass is 35.5. The molecular weight excluding hydrogens is 538 g/mol. The molecule has 1 fully saturated rings. The fraction of sp³-hybridized carbons (Fsp3) is 0.355. The summed E-state index contributed by atoms with van der Waals surface area (Å²) in [6, 6.07) is 19.0. The summed E-state index contributed by atoms with van der Waals surface area (Å²) in [6.45, 7) is 8.11. The van der Waals surface area contributed by atoms with E-state index in [4.69, 9.17) is 11.6 Å². The summed E-state index contributed by atoms with van der Waals surface area (Å²) in [4.78, 5) is 4.61. The number of benzene rings is 3. The molecule has 1 atom stereocenters. The first kappa shape index (κ1) is 29.4. The Morgan fingerprint density at radius 3 is 1.90 bits per heavy atom. The molecule has 0 spiro atoms. The highest BCUT2D eigenvalue weighted by Gasteiger charge is 2.35. The summed E-state index contributed by atoms with van der Waals surface area (Å²) in [7, 11) is -3.72. The molecule has 4 rings (SSSR count). The van der Waals surface area contributed by atoms with Gasteiger partial charge in [0.15, 0.2) is 9.84 Å². The molecule has 3 aromatic carbocycles. The number of hydrogen-bond acceptors (Lipinski definition) is 4. The molecule has 1 heterocycles. The Kier molecular flexibility index (Phi) is 9.60. The van der Waals surface area contributed by atoms with E-state index in [1.54, 1.807) is 0 Å². The van der Waals surface area contributed by atoms with E-state index in [2.05, 4.69) is 47.9 Å². The quantitative estimate of drug-likeness (QED) is 0.246. The highest BCUT2D eigenvalue weighted by molar-refractivity contribution is 8.00. The van der Waals surface area contributed by atoms with Crippen LogP contribution in [0.3, 0.4) is 0 Å². The predicted octanol–water partition coefficient (Wildman–Crippen LogP) is 7.10. The van der Waals surface area contributed by atoms with Gasteiger partial charge in [-0.15, -0.1) is 0 Å². The number of sulfone groups is 1. The summed E-state index contributed by atoms with van der Waals surface area (Å²) < 4.78 is 53.4. The molecule has 0 amide bonds. The van der Waals surface area contributed by atoms with Crippen LogP contribution < -0.4 is 0 Å². The Bertz CT molecular complexity index is 1390. The minimum atomic E-state index is -3.72. The second-order valence-electron chi connectivity index (χ2n) is 10.2. The fourth-order valence-corrected chi connectivity index (χ4v) is 6.69. The molecule has 8 heteroatoms. The Hall–Kier alpha value is -2.58. The summed E-state index contributed by atoms with van der Waals surface area (Å²) in [6.07, 6.45) is 3.30.